The predicted octanol–water partition coefficient (Wildman–Crippen LogP) is 4.89. The molecule has 140 valence electrons. The Morgan fingerprint density at radius 1 is 1.15 bits per heavy atom. The lowest BCUT2D eigenvalue weighted by atomic mass is 10.2. The highest BCUT2D eigenvalue weighted by atomic mass is 32.2. The van der Waals surface area contributed by atoms with E-state index in [0.29, 0.717) is 5.75 Å². The molecule has 3 rings (SSSR count). The molecule has 2 N–H and O–H groups in total. The van der Waals surface area contributed by atoms with Gasteiger partial charge in [0.2, 0.25) is 5.91 Å². The summed E-state index contributed by atoms with van der Waals surface area (Å²) in [5, 5.41) is 3.09. The monoisotopic (exact) mass is 379 g/mol. The van der Waals surface area contributed by atoms with Crippen molar-refractivity contribution < 1.29 is 4.79 Å². The van der Waals surface area contributed by atoms with Crippen LogP contribution in [0.3, 0.4) is 0 Å². The fourth-order valence-corrected chi connectivity index (χ4v) is 3.62. The van der Waals surface area contributed by atoms with E-state index in [0.717, 1.165) is 29.3 Å². The normalized spacial score (nSPS) is 11.9. The quantitative estimate of drug-likeness (QED) is 0.586. The molecule has 1 heterocycles. The van der Waals surface area contributed by atoms with Crippen molar-refractivity contribution in [2.75, 3.05) is 5.75 Å². The maximum absolute atomic E-state index is 12.3. The van der Waals surface area contributed by atoms with E-state index < -0.39 is 0 Å². The number of aromatic nitrogens is 2. The van der Waals surface area contributed by atoms with E-state index in [1.165, 1.54) is 11.1 Å². The van der Waals surface area contributed by atoms with E-state index in [1.807, 2.05) is 36.5 Å². The third-order valence-corrected chi connectivity index (χ3v) is 5.38. The van der Waals surface area contributed by atoms with Gasteiger partial charge in [0.15, 0.2) is 0 Å². The molecular weight excluding hydrogens is 354 g/mol. The summed E-state index contributed by atoms with van der Waals surface area (Å²) in [5.74, 6) is 2.12. The van der Waals surface area contributed by atoms with Crippen LogP contribution in [0.15, 0.2) is 60.8 Å². The van der Waals surface area contributed by atoms with Crippen molar-refractivity contribution in [3.63, 3.8) is 0 Å². The number of thioether (sulfide) groups is 1. The molecule has 0 aliphatic carbocycles. The molecule has 1 amide bonds. The molecule has 1 atom stereocenters. The second-order valence-electron chi connectivity index (χ2n) is 6.55. The van der Waals surface area contributed by atoms with Crippen molar-refractivity contribution in [3.05, 3.63) is 77.7 Å². The number of benzene rings is 2. The molecule has 2 aromatic carbocycles. The van der Waals surface area contributed by atoms with Gasteiger partial charge in [0.1, 0.15) is 5.82 Å². The van der Waals surface area contributed by atoms with Gasteiger partial charge in [0.25, 0.3) is 0 Å². The number of carbonyl (C=O) groups excluding carboxylic acids is 1. The van der Waals surface area contributed by atoms with Crippen molar-refractivity contribution in [2.45, 2.75) is 32.1 Å². The smallest absolute Gasteiger partial charge is 0.230 e. The van der Waals surface area contributed by atoms with Gasteiger partial charge in [-0.2, -0.15) is 0 Å². The minimum Gasteiger partial charge on any atom is -0.345 e. The summed E-state index contributed by atoms with van der Waals surface area (Å²) in [5.41, 5.74) is 4.54. The third-order valence-electron chi connectivity index (χ3n) is 4.38. The highest BCUT2D eigenvalue weighted by Crippen LogP contribution is 2.21. The second kappa shape index (κ2) is 9.42. The molecule has 1 aromatic heterocycles. The predicted molar refractivity (Wildman–Crippen MR) is 113 cm³/mol. The summed E-state index contributed by atoms with van der Waals surface area (Å²) in [6, 6.07) is 18.4. The first-order valence-electron chi connectivity index (χ1n) is 9.18. The Bertz CT molecular complexity index is 859. The van der Waals surface area contributed by atoms with Crippen LogP contribution in [0, 0.1) is 6.92 Å². The standard InChI is InChI=1S/C22H25N3OS/c1-3-19(22-23-13-20(25-22)18-7-5-4-6-8-18)24-21(26)15-27-14-17-11-9-16(2)10-12-17/h4-13,19H,3,14-15H2,1-2H3,(H,23,25)(H,24,26). The van der Waals surface area contributed by atoms with Crippen LogP contribution < -0.4 is 5.32 Å². The molecule has 0 saturated carbocycles. The van der Waals surface area contributed by atoms with Gasteiger partial charge in [-0.3, -0.25) is 4.79 Å². The average molecular weight is 380 g/mol. The van der Waals surface area contributed by atoms with Gasteiger partial charge >= 0.3 is 0 Å². The summed E-state index contributed by atoms with van der Waals surface area (Å²) in [7, 11) is 0. The SMILES string of the molecule is CCC(NC(=O)CSCc1ccc(C)cc1)c1ncc(-c2ccccc2)[nH]1. The van der Waals surface area contributed by atoms with Gasteiger partial charge in [-0.15, -0.1) is 11.8 Å². The molecule has 0 aliphatic rings. The summed E-state index contributed by atoms with van der Waals surface area (Å²) in [6.07, 6.45) is 2.61. The zero-order valence-corrected chi connectivity index (χ0v) is 16.6. The van der Waals surface area contributed by atoms with Crippen molar-refractivity contribution in [2.24, 2.45) is 0 Å². The fraction of sp³-hybridized carbons (Fsp3) is 0.273. The summed E-state index contributed by atoms with van der Waals surface area (Å²) >= 11 is 1.63. The van der Waals surface area contributed by atoms with Crippen LogP contribution in [0.4, 0.5) is 0 Å². The van der Waals surface area contributed by atoms with Crippen LogP contribution >= 0.6 is 11.8 Å². The van der Waals surface area contributed by atoms with Crippen molar-refractivity contribution in [1.29, 1.82) is 0 Å². The number of nitrogens with zero attached hydrogens (tertiary/aromatic N) is 1. The Kier molecular flexibility index (Phi) is 6.71. The average Bonchev–Trinajstić information content (AvgIpc) is 3.18. The van der Waals surface area contributed by atoms with Crippen LogP contribution in [0.5, 0.6) is 0 Å². The Morgan fingerprint density at radius 2 is 1.89 bits per heavy atom. The number of rotatable bonds is 8. The molecule has 0 radical (unpaired) electrons. The number of hydrogen-bond donors (Lipinski definition) is 2. The molecule has 0 bridgehead atoms. The lowest BCUT2D eigenvalue weighted by molar-refractivity contribution is -0.119. The van der Waals surface area contributed by atoms with Gasteiger partial charge in [-0.1, -0.05) is 67.1 Å². The van der Waals surface area contributed by atoms with Crippen LogP contribution in [-0.2, 0) is 10.5 Å². The van der Waals surface area contributed by atoms with Gasteiger partial charge in [0, 0.05) is 5.75 Å². The van der Waals surface area contributed by atoms with Gasteiger partial charge in [-0.25, -0.2) is 4.98 Å². The van der Waals surface area contributed by atoms with Crippen molar-refractivity contribution in [1.82, 2.24) is 15.3 Å². The molecule has 3 aromatic rings. The van der Waals surface area contributed by atoms with E-state index in [2.05, 4.69) is 53.4 Å². The maximum atomic E-state index is 12.3. The zero-order valence-electron chi connectivity index (χ0n) is 15.7. The highest BCUT2D eigenvalue weighted by molar-refractivity contribution is 7.99. The summed E-state index contributed by atoms with van der Waals surface area (Å²) in [4.78, 5) is 20.1. The molecule has 0 saturated heterocycles. The number of hydrogen-bond acceptors (Lipinski definition) is 3. The first-order chi connectivity index (χ1) is 13.2. The summed E-state index contributed by atoms with van der Waals surface area (Å²) < 4.78 is 0. The second-order valence-corrected chi connectivity index (χ2v) is 7.54. The number of nitrogens with one attached hydrogen (secondary N) is 2. The first kappa shape index (κ1) is 19.2. The molecule has 0 aliphatic heterocycles. The van der Waals surface area contributed by atoms with Crippen LogP contribution in [0.1, 0.15) is 36.3 Å². The lowest BCUT2D eigenvalue weighted by Gasteiger charge is -2.14. The molecule has 27 heavy (non-hydrogen) atoms. The van der Waals surface area contributed by atoms with Crippen LogP contribution in [0.2, 0.25) is 0 Å². The van der Waals surface area contributed by atoms with Gasteiger partial charge in [0.05, 0.1) is 23.7 Å². The fourth-order valence-electron chi connectivity index (χ4n) is 2.82. The Balaban J connectivity index is 1.53. The Labute approximate surface area is 164 Å². The third kappa shape index (κ3) is 5.47. The molecule has 1 unspecified atom stereocenters. The first-order valence-corrected chi connectivity index (χ1v) is 10.3. The largest absolute Gasteiger partial charge is 0.345 e. The number of aromatic amines is 1. The molecular formula is C22H25N3OS. The Hall–Kier alpha value is -2.53. The Morgan fingerprint density at radius 3 is 2.59 bits per heavy atom. The zero-order chi connectivity index (χ0) is 19.1. The molecule has 4 nitrogen and oxygen atoms in total. The number of carbonyl (C=O) groups is 1. The highest BCUT2D eigenvalue weighted by Gasteiger charge is 2.16. The molecule has 0 spiro atoms. The lowest BCUT2D eigenvalue weighted by Crippen LogP contribution is -2.30. The minimum atomic E-state index is -0.102. The minimum absolute atomic E-state index is 0.0385. The van der Waals surface area contributed by atoms with E-state index in [4.69, 9.17) is 0 Å². The number of amides is 1. The van der Waals surface area contributed by atoms with Gasteiger partial charge in [-0.05, 0) is 24.5 Å². The maximum Gasteiger partial charge on any atom is 0.230 e. The van der Waals surface area contributed by atoms with E-state index >= 15 is 0 Å². The van der Waals surface area contributed by atoms with Crippen LogP contribution in [0.25, 0.3) is 11.3 Å². The number of aryl methyl sites for hydroxylation is 1. The molecule has 5 heteroatoms. The summed E-state index contributed by atoms with van der Waals surface area (Å²) in [6.45, 7) is 4.13. The molecule has 0 fully saturated rings. The van der Waals surface area contributed by atoms with E-state index in [9.17, 15) is 4.79 Å². The van der Waals surface area contributed by atoms with Crippen molar-refractivity contribution in [3.8, 4) is 11.3 Å². The van der Waals surface area contributed by atoms with E-state index in [1.54, 1.807) is 11.8 Å². The topological polar surface area (TPSA) is 57.8 Å². The number of imidazole rings is 1. The number of H-pyrrole nitrogens is 1. The van der Waals surface area contributed by atoms with Crippen molar-refractivity contribution >= 4 is 17.7 Å². The van der Waals surface area contributed by atoms with Crippen LogP contribution in [-0.4, -0.2) is 21.6 Å². The van der Waals surface area contributed by atoms with Gasteiger partial charge < -0.3 is 10.3 Å². The van der Waals surface area contributed by atoms with E-state index in [-0.39, 0.29) is 11.9 Å².